The molecule has 0 atom stereocenters. The third-order valence-corrected chi connectivity index (χ3v) is 5.20. The summed E-state index contributed by atoms with van der Waals surface area (Å²) in [6.07, 6.45) is 7.35. The first-order chi connectivity index (χ1) is 14.5. The zero-order valence-corrected chi connectivity index (χ0v) is 16.6. The first-order valence-corrected chi connectivity index (χ1v) is 9.99. The summed E-state index contributed by atoms with van der Waals surface area (Å²) in [5.41, 5.74) is 1.60. The summed E-state index contributed by atoms with van der Waals surface area (Å²) >= 11 is 5.91. The van der Waals surface area contributed by atoms with Crippen molar-refractivity contribution in [2.75, 3.05) is 17.2 Å². The Bertz CT molecular complexity index is 1180. The third kappa shape index (κ3) is 3.84. The quantitative estimate of drug-likeness (QED) is 0.412. The standard InChI is InChI=1S/C20H18ClN7O2/c21-14-3-4-15(22-10-14)25-16-7-17(23-8-11-1-2-11)28-19(26-16)13(9-24-28)5-12-6-18(29)27-20(12)30/h3-5,7,9-11,23H,1-2,6,8H2,(H,22,25,26)(H,27,29,30)/b12-5+. The van der Waals surface area contributed by atoms with E-state index in [0.29, 0.717) is 39.4 Å². The van der Waals surface area contributed by atoms with Crippen molar-refractivity contribution in [3.63, 3.8) is 0 Å². The van der Waals surface area contributed by atoms with E-state index in [-0.39, 0.29) is 18.2 Å². The molecule has 0 radical (unpaired) electrons. The number of carbonyl (C=O) groups excluding carboxylic acids is 2. The molecule has 0 bridgehead atoms. The van der Waals surface area contributed by atoms with Gasteiger partial charge in [0.1, 0.15) is 17.5 Å². The molecule has 2 fully saturated rings. The van der Waals surface area contributed by atoms with Gasteiger partial charge in [-0.15, -0.1) is 0 Å². The van der Waals surface area contributed by atoms with E-state index in [2.05, 4.69) is 31.0 Å². The second kappa shape index (κ2) is 7.42. The molecule has 152 valence electrons. The molecule has 0 spiro atoms. The Kier molecular flexibility index (Phi) is 4.59. The van der Waals surface area contributed by atoms with Gasteiger partial charge in [-0.1, -0.05) is 11.6 Å². The Labute approximate surface area is 176 Å². The van der Waals surface area contributed by atoms with Crippen LogP contribution in [0.3, 0.4) is 0 Å². The van der Waals surface area contributed by atoms with E-state index in [1.54, 1.807) is 35.1 Å². The molecule has 3 N–H and O–H groups in total. The van der Waals surface area contributed by atoms with Crippen molar-refractivity contribution in [1.29, 1.82) is 0 Å². The Morgan fingerprint density at radius 1 is 1.23 bits per heavy atom. The SMILES string of the molecule is O=C1C/C(=C\c2cnn3c(NCC4CC4)cc(Nc4ccc(Cl)cn4)nc23)C(=O)N1. The number of imide groups is 1. The van der Waals surface area contributed by atoms with Crippen LogP contribution < -0.4 is 16.0 Å². The number of anilines is 3. The summed E-state index contributed by atoms with van der Waals surface area (Å²) in [6, 6.07) is 5.37. The van der Waals surface area contributed by atoms with Gasteiger partial charge in [0.25, 0.3) is 5.91 Å². The van der Waals surface area contributed by atoms with Crippen molar-refractivity contribution < 1.29 is 9.59 Å². The number of amides is 2. The summed E-state index contributed by atoms with van der Waals surface area (Å²) < 4.78 is 1.70. The minimum absolute atomic E-state index is 0.0512. The van der Waals surface area contributed by atoms with E-state index in [0.717, 1.165) is 12.4 Å². The average Bonchev–Trinajstić information content (AvgIpc) is 3.39. The fourth-order valence-corrected chi connectivity index (χ4v) is 3.34. The van der Waals surface area contributed by atoms with Gasteiger partial charge in [0.15, 0.2) is 5.65 Å². The van der Waals surface area contributed by atoms with E-state index in [4.69, 9.17) is 11.6 Å². The van der Waals surface area contributed by atoms with E-state index >= 15 is 0 Å². The van der Waals surface area contributed by atoms with E-state index in [9.17, 15) is 9.59 Å². The largest absolute Gasteiger partial charge is 0.370 e. The second-order valence-electron chi connectivity index (χ2n) is 7.40. The molecule has 2 amide bonds. The van der Waals surface area contributed by atoms with Gasteiger partial charge in [0.2, 0.25) is 5.91 Å². The van der Waals surface area contributed by atoms with Crippen LogP contribution in [0.15, 0.2) is 36.2 Å². The van der Waals surface area contributed by atoms with Gasteiger partial charge in [-0.2, -0.15) is 9.61 Å². The van der Waals surface area contributed by atoms with Crippen molar-refractivity contribution in [1.82, 2.24) is 24.9 Å². The fraction of sp³-hybridized carbons (Fsp3) is 0.250. The van der Waals surface area contributed by atoms with Crippen LogP contribution in [0.25, 0.3) is 11.7 Å². The number of pyridine rings is 1. The fourth-order valence-electron chi connectivity index (χ4n) is 3.23. The zero-order chi connectivity index (χ0) is 20.7. The molecule has 5 rings (SSSR count). The smallest absolute Gasteiger partial charge is 0.254 e. The van der Waals surface area contributed by atoms with Gasteiger partial charge in [-0.25, -0.2) is 9.97 Å². The summed E-state index contributed by atoms with van der Waals surface area (Å²) in [6.45, 7) is 0.852. The monoisotopic (exact) mass is 423 g/mol. The molecule has 0 aromatic carbocycles. The lowest BCUT2D eigenvalue weighted by atomic mass is 10.1. The highest BCUT2D eigenvalue weighted by Gasteiger charge is 2.25. The summed E-state index contributed by atoms with van der Waals surface area (Å²) in [5, 5.41) is 13.9. The Morgan fingerprint density at radius 2 is 2.10 bits per heavy atom. The number of nitrogens with one attached hydrogen (secondary N) is 3. The number of hydrogen-bond acceptors (Lipinski definition) is 7. The molecule has 1 saturated carbocycles. The molecule has 3 aromatic rings. The topological polar surface area (TPSA) is 113 Å². The third-order valence-electron chi connectivity index (χ3n) is 4.98. The Balaban J connectivity index is 1.54. The van der Waals surface area contributed by atoms with Crippen LogP contribution >= 0.6 is 11.6 Å². The van der Waals surface area contributed by atoms with Crippen molar-refractivity contribution in [3.8, 4) is 0 Å². The van der Waals surface area contributed by atoms with Crippen molar-refractivity contribution >= 4 is 52.6 Å². The summed E-state index contributed by atoms with van der Waals surface area (Å²) in [7, 11) is 0. The molecule has 3 aromatic heterocycles. The highest BCUT2D eigenvalue weighted by Crippen LogP contribution is 2.30. The first-order valence-electron chi connectivity index (χ1n) is 9.61. The van der Waals surface area contributed by atoms with E-state index in [1.807, 2.05) is 6.07 Å². The minimum Gasteiger partial charge on any atom is -0.370 e. The van der Waals surface area contributed by atoms with Crippen LogP contribution in [-0.2, 0) is 9.59 Å². The summed E-state index contributed by atoms with van der Waals surface area (Å²) in [4.78, 5) is 32.4. The van der Waals surface area contributed by atoms with Gasteiger partial charge in [0, 0.05) is 29.9 Å². The molecule has 1 saturated heterocycles. The van der Waals surface area contributed by atoms with Crippen LogP contribution in [-0.4, -0.2) is 37.9 Å². The van der Waals surface area contributed by atoms with E-state index in [1.165, 1.54) is 12.8 Å². The highest BCUT2D eigenvalue weighted by atomic mass is 35.5. The molecule has 9 nitrogen and oxygen atoms in total. The number of fused-ring (bicyclic) bond motifs is 1. The van der Waals surface area contributed by atoms with Gasteiger partial charge in [-0.05, 0) is 37.0 Å². The van der Waals surface area contributed by atoms with E-state index < -0.39 is 0 Å². The maximum absolute atomic E-state index is 11.9. The Hall–Kier alpha value is -3.46. The molecule has 4 heterocycles. The number of rotatable bonds is 6. The predicted molar refractivity (Wildman–Crippen MR) is 112 cm³/mol. The molecule has 1 aliphatic carbocycles. The van der Waals surface area contributed by atoms with Crippen molar-refractivity contribution in [2.24, 2.45) is 5.92 Å². The molecule has 1 aliphatic heterocycles. The lowest BCUT2D eigenvalue weighted by Gasteiger charge is -2.11. The average molecular weight is 424 g/mol. The molecule has 2 aliphatic rings. The molecule has 0 unspecified atom stereocenters. The molecule has 10 heteroatoms. The normalized spacial score (nSPS) is 17.6. The number of nitrogens with zero attached hydrogens (tertiary/aromatic N) is 4. The zero-order valence-electron chi connectivity index (χ0n) is 15.9. The van der Waals surface area contributed by atoms with Crippen molar-refractivity contribution in [3.05, 3.63) is 46.8 Å². The number of carbonyl (C=O) groups is 2. The number of halogens is 1. The predicted octanol–water partition coefficient (Wildman–Crippen LogP) is 2.77. The van der Waals surface area contributed by atoms with Gasteiger partial charge >= 0.3 is 0 Å². The number of hydrogen-bond donors (Lipinski definition) is 3. The maximum Gasteiger partial charge on any atom is 0.254 e. The summed E-state index contributed by atoms with van der Waals surface area (Å²) in [5.74, 6) is 1.94. The minimum atomic E-state index is -0.383. The van der Waals surface area contributed by atoms with Crippen molar-refractivity contribution in [2.45, 2.75) is 19.3 Å². The second-order valence-corrected chi connectivity index (χ2v) is 7.83. The van der Waals surface area contributed by atoms with Gasteiger partial charge in [0.05, 0.1) is 17.6 Å². The van der Waals surface area contributed by atoms with Crippen LogP contribution in [0, 0.1) is 5.92 Å². The maximum atomic E-state index is 11.9. The van der Waals surface area contributed by atoms with Gasteiger partial charge < -0.3 is 10.6 Å². The molecule has 30 heavy (non-hydrogen) atoms. The molecular formula is C20H18ClN7O2. The van der Waals surface area contributed by atoms with Crippen LogP contribution in [0.1, 0.15) is 24.8 Å². The lowest BCUT2D eigenvalue weighted by molar-refractivity contribution is -0.124. The highest BCUT2D eigenvalue weighted by molar-refractivity contribution is 6.30. The van der Waals surface area contributed by atoms with Crippen LogP contribution in [0.4, 0.5) is 17.5 Å². The van der Waals surface area contributed by atoms with Gasteiger partial charge in [-0.3, -0.25) is 14.9 Å². The Morgan fingerprint density at radius 3 is 2.80 bits per heavy atom. The molecular weight excluding hydrogens is 406 g/mol. The van der Waals surface area contributed by atoms with Crippen LogP contribution in [0.5, 0.6) is 0 Å². The first kappa shape index (κ1) is 18.6. The lowest BCUT2D eigenvalue weighted by Crippen LogP contribution is -2.19. The number of aromatic nitrogens is 4. The van der Waals surface area contributed by atoms with Crippen LogP contribution in [0.2, 0.25) is 5.02 Å².